The van der Waals surface area contributed by atoms with E-state index in [2.05, 4.69) is 15.6 Å². The molecule has 8 nitrogen and oxygen atoms in total. The molecule has 2 aromatic carbocycles. The van der Waals surface area contributed by atoms with Crippen molar-refractivity contribution in [3.05, 3.63) is 60.3 Å². The van der Waals surface area contributed by atoms with E-state index < -0.39 is 5.92 Å². The minimum absolute atomic E-state index is 0.0812. The molecule has 3 N–H and O–H groups in total. The smallest absolute Gasteiger partial charge is 0.227 e. The van der Waals surface area contributed by atoms with Gasteiger partial charge >= 0.3 is 0 Å². The number of nitrogens with zero attached hydrogens (tertiary/aromatic N) is 1. The van der Waals surface area contributed by atoms with Gasteiger partial charge in [0.2, 0.25) is 17.7 Å². The molecular weight excluding hydrogens is 408 g/mol. The van der Waals surface area contributed by atoms with Crippen molar-refractivity contribution in [3.63, 3.8) is 0 Å². The number of nitrogens with one attached hydrogen (secondary N) is 3. The Morgan fingerprint density at radius 1 is 1.09 bits per heavy atom. The molecule has 0 bridgehead atoms. The molecule has 1 atom stereocenters. The molecular formula is C24H26N4O4. The molecule has 1 saturated heterocycles. The van der Waals surface area contributed by atoms with Crippen LogP contribution in [0.1, 0.15) is 12.0 Å². The van der Waals surface area contributed by atoms with Gasteiger partial charge in [-0.05, 0) is 35.9 Å². The summed E-state index contributed by atoms with van der Waals surface area (Å²) < 4.78 is 5.14. The lowest BCUT2D eigenvalue weighted by Crippen LogP contribution is -2.38. The predicted octanol–water partition coefficient (Wildman–Crippen LogP) is 2.00. The van der Waals surface area contributed by atoms with Gasteiger partial charge < -0.3 is 25.3 Å². The predicted molar refractivity (Wildman–Crippen MR) is 121 cm³/mol. The highest BCUT2D eigenvalue weighted by Gasteiger charge is 2.34. The monoisotopic (exact) mass is 434 g/mol. The maximum atomic E-state index is 12.5. The maximum absolute atomic E-state index is 12.5. The number of hydrogen-bond acceptors (Lipinski definition) is 4. The summed E-state index contributed by atoms with van der Waals surface area (Å²) in [5.74, 6) is -0.0683. The van der Waals surface area contributed by atoms with Gasteiger partial charge in [-0.25, -0.2) is 0 Å². The third-order valence-corrected chi connectivity index (χ3v) is 5.65. The first kappa shape index (κ1) is 21.4. The molecule has 1 unspecified atom stereocenters. The Kier molecular flexibility index (Phi) is 6.39. The molecule has 8 heteroatoms. The summed E-state index contributed by atoms with van der Waals surface area (Å²) in [6.45, 7) is 0.978. The lowest BCUT2D eigenvalue weighted by atomic mass is 10.1. The molecule has 1 fully saturated rings. The van der Waals surface area contributed by atoms with Crippen molar-refractivity contribution in [2.45, 2.75) is 12.8 Å². The second-order valence-corrected chi connectivity index (χ2v) is 7.78. The van der Waals surface area contributed by atoms with Crippen LogP contribution in [0.3, 0.4) is 0 Å². The van der Waals surface area contributed by atoms with Crippen LogP contribution in [-0.2, 0) is 20.8 Å². The fourth-order valence-corrected chi connectivity index (χ4v) is 3.94. The average molecular weight is 434 g/mol. The molecule has 3 amide bonds. The van der Waals surface area contributed by atoms with Gasteiger partial charge in [0, 0.05) is 48.8 Å². The Balaban J connectivity index is 1.21. The molecule has 0 saturated carbocycles. The van der Waals surface area contributed by atoms with Crippen LogP contribution >= 0.6 is 0 Å². The van der Waals surface area contributed by atoms with Crippen molar-refractivity contribution in [1.29, 1.82) is 0 Å². The largest absolute Gasteiger partial charge is 0.497 e. The van der Waals surface area contributed by atoms with Crippen molar-refractivity contribution in [1.82, 2.24) is 15.6 Å². The first-order chi connectivity index (χ1) is 15.5. The number of ether oxygens (including phenoxy) is 1. The van der Waals surface area contributed by atoms with Gasteiger partial charge in [-0.3, -0.25) is 14.4 Å². The highest BCUT2D eigenvalue weighted by Crippen LogP contribution is 2.26. The fraction of sp³-hybridized carbons (Fsp3) is 0.292. The van der Waals surface area contributed by atoms with E-state index in [1.54, 1.807) is 36.3 Å². The number of methoxy groups -OCH3 is 1. The van der Waals surface area contributed by atoms with Crippen LogP contribution < -0.4 is 20.3 Å². The van der Waals surface area contributed by atoms with Crippen LogP contribution in [0.5, 0.6) is 5.75 Å². The summed E-state index contributed by atoms with van der Waals surface area (Å²) in [6, 6.07) is 15.0. The van der Waals surface area contributed by atoms with Gasteiger partial charge in [0.1, 0.15) is 5.75 Å². The van der Waals surface area contributed by atoms with E-state index in [-0.39, 0.29) is 30.6 Å². The molecule has 1 aliphatic heterocycles. The summed E-state index contributed by atoms with van der Waals surface area (Å²) in [5, 5.41) is 6.68. The summed E-state index contributed by atoms with van der Waals surface area (Å²) in [4.78, 5) is 41.9. The zero-order chi connectivity index (χ0) is 22.5. The number of aromatic nitrogens is 1. The molecule has 0 radical (unpaired) electrons. The second-order valence-electron chi connectivity index (χ2n) is 7.78. The Morgan fingerprint density at radius 3 is 2.62 bits per heavy atom. The number of benzene rings is 2. The zero-order valence-electron chi connectivity index (χ0n) is 17.9. The van der Waals surface area contributed by atoms with Crippen LogP contribution in [0, 0.1) is 5.92 Å². The Bertz CT molecular complexity index is 1120. The third-order valence-electron chi connectivity index (χ3n) is 5.65. The number of anilines is 1. The molecule has 166 valence electrons. The van der Waals surface area contributed by atoms with E-state index in [0.29, 0.717) is 25.4 Å². The van der Waals surface area contributed by atoms with E-state index in [4.69, 9.17) is 4.74 Å². The molecule has 3 aromatic rings. The minimum atomic E-state index is -0.411. The van der Waals surface area contributed by atoms with Crippen LogP contribution in [-0.4, -0.2) is 49.4 Å². The quantitative estimate of drug-likeness (QED) is 0.472. The number of hydrogen-bond donors (Lipinski definition) is 3. The Hall–Kier alpha value is -3.81. The highest BCUT2D eigenvalue weighted by atomic mass is 16.5. The molecule has 0 spiro atoms. The first-order valence-corrected chi connectivity index (χ1v) is 10.6. The number of amides is 3. The molecule has 1 aliphatic rings. The van der Waals surface area contributed by atoms with Crippen molar-refractivity contribution in [2.75, 3.05) is 31.6 Å². The molecule has 4 rings (SSSR count). The number of carbonyl (C=O) groups excluding carboxylic acids is 3. The SMILES string of the molecule is COc1ccc(N2CC(C(=O)NCCNC(=O)Cc3c[nH]c4ccccc34)CC2=O)cc1. The van der Waals surface area contributed by atoms with E-state index >= 15 is 0 Å². The molecule has 0 aliphatic carbocycles. The summed E-state index contributed by atoms with van der Waals surface area (Å²) >= 11 is 0. The third kappa shape index (κ3) is 4.74. The Morgan fingerprint density at radius 2 is 1.84 bits per heavy atom. The topological polar surface area (TPSA) is 104 Å². The summed E-state index contributed by atoms with van der Waals surface area (Å²) in [5.41, 5.74) is 2.68. The number of para-hydroxylation sites is 1. The van der Waals surface area contributed by atoms with Gasteiger partial charge in [-0.1, -0.05) is 18.2 Å². The van der Waals surface area contributed by atoms with E-state index in [1.807, 2.05) is 30.5 Å². The van der Waals surface area contributed by atoms with Crippen molar-refractivity contribution in [3.8, 4) is 5.75 Å². The fourth-order valence-electron chi connectivity index (χ4n) is 3.94. The van der Waals surface area contributed by atoms with E-state index in [9.17, 15) is 14.4 Å². The lowest BCUT2D eigenvalue weighted by molar-refractivity contribution is -0.126. The van der Waals surface area contributed by atoms with Gasteiger partial charge in [0.05, 0.1) is 19.4 Å². The van der Waals surface area contributed by atoms with Crippen LogP contribution in [0.25, 0.3) is 10.9 Å². The minimum Gasteiger partial charge on any atom is -0.497 e. The maximum Gasteiger partial charge on any atom is 0.227 e. The van der Waals surface area contributed by atoms with Gasteiger partial charge in [-0.2, -0.15) is 0 Å². The van der Waals surface area contributed by atoms with Gasteiger partial charge in [0.25, 0.3) is 0 Å². The zero-order valence-corrected chi connectivity index (χ0v) is 17.9. The number of aromatic amines is 1. The van der Waals surface area contributed by atoms with Gasteiger partial charge in [-0.15, -0.1) is 0 Å². The average Bonchev–Trinajstić information content (AvgIpc) is 3.40. The standard InChI is InChI=1S/C24H26N4O4/c1-32-19-8-6-18(7-9-19)28-15-17(13-23(28)30)24(31)26-11-10-25-22(29)12-16-14-27-21-5-3-2-4-20(16)21/h2-9,14,17,27H,10-13,15H2,1H3,(H,25,29)(H,26,31). The van der Waals surface area contributed by atoms with E-state index in [1.165, 1.54) is 0 Å². The van der Waals surface area contributed by atoms with Crippen molar-refractivity contribution >= 4 is 34.3 Å². The van der Waals surface area contributed by atoms with Crippen LogP contribution in [0.15, 0.2) is 54.7 Å². The first-order valence-electron chi connectivity index (χ1n) is 10.6. The second kappa shape index (κ2) is 9.55. The van der Waals surface area contributed by atoms with Crippen molar-refractivity contribution in [2.24, 2.45) is 5.92 Å². The van der Waals surface area contributed by atoms with E-state index in [0.717, 1.165) is 22.2 Å². The lowest BCUT2D eigenvalue weighted by Gasteiger charge is -2.17. The normalized spacial score (nSPS) is 15.7. The van der Waals surface area contributed by atoms with Crippen LogP contribution in [0.4, 0.5) is 5.69 Å². The molecule has 2 heterocycles. The highest BCUT2D eigenvalue weighted by molar-refractivity contribution is 6.00. The molecule has 32 heavy (non-hydrogen) atoms. The summed E-state index contributed by atoms with van der Waals surface area (Å²) in [7, 11) is 1.58. The Labute approximate surface area is 185 Å². The summed E-state index contributed by atoms with van der Waals surface area (Å²) in [6.07, 6.45) is 2.29. The van der Waals surface area contributed by atoms with Crippen molar-refractivity contribution < 1.29 is 19.1 Å². The van der Waals surface area contributed by atoms with Crippen LogP contribution in [0.2, 0.25) is 0 Å². The number of fused-ring (bicyclic) bond motifs is 1. The number of carbonyl (C=O) groups is 3. The molecule has 1 aromatic heterocycles. The van der Waals surface area contributed by atoms with Gasteiger partial charge in [0.15, 0.2) is 0 Å². The number of H-pyrrole nitrogens is 1. The number of rotatable bonds is 8.